The molecule has 0 amide bonds. The summed E-state index contributed by atoms with van der Waals surface area (Å²) >= 11 is 0. The van der Waals surface area contributed by atoms with Crippen molar-refractivity contribution in [3.8, 4) is 0 Å². The molecule has 9 heteroatoms. The topological polar surface area (TPSA) is 59.6 Å². The van der Waals surface area contributed by atoms with E-state index in [4.69, 9.17) is 4.18 Å². The Balaban J connectivity index is 1.74. The SMILES string of the molecule is CN1CCN(CCN(CCOS(C)(=O)=O)CCN2CCN(C)CC2)CC1. The van der Waals surface area contributed by atoms with E-state index in [0.29, 0.717) is 6.54 Å². The Kier molecular flexibility index (Phi) is 9.22. The quantitative estimate of drug-likeness (QED) is 0.429. The molecule has 2 aliphatic heterocycles. The van der Waals surface area contributed by atoms with E-state index in [0.717, 1.165) is 84.8 Å². The van der Waals surface area contributed by atoms with Crippen molar-refractivity contribution in [2.75, 3.05) is 112 Å². The number of likely N-dealkylation sites (N-methyl/N-ethyl adjacent to an activating group) is 2. The summed E-state index contributed by atoms with van der Waals surface area (Å²) < 4.78 is 27.4. The highest BCUT2D eigenvalue weighted by Crippen LogP contribution is 2.03. The summed E-state index contributed by atoms with van der Waals surface area (Å²) in [6, 6.07) is 0. The highest BCUT2D eigenvalue weighted by Gasteiger charge is 2.17. The van der Waals surface area contributed by atoms with Gasteiger partial charge in [0.05, 0.1) is 12.9 Å². The molecule has 26 heavy (non-hydrogen) atoms. The molecule has 0 atom stereocenters. The summed E-state index contributed by atoms with van der Waals surface area (Å²) in [6.07, 6.45) is 1.12. The summed E-state index contributed by atoms with van der Waals surface area (Å²) in [7, 11) is 0.976. The van der Waals surface area contributed by atoms with Gasteiger partial charge in [0.2, 0.25) is 0 Å². The number of hydrogen-bond acceptors (Lipinski definition) is 8. The lowest BCUT2D eigenvalue weighted by Crippen LogP contribution is -2.49. The molecule has 2 fully saturated rings. The van der Waals surface area contributed by atoms with Crippen molar-refractivity contribution in [1.82, 2.24) is 24.5 Å². The van der Waals surface area contributed by atoms with Crippen LogP contribution < -0.4 is 0 Å². The molecule has 0 bridgehead atoms. The van der Waals surface area contributed by atoms with Gasteiger partial charge < -0.3 is 9.80 Å². The van der Waals surface area contributed by atoms with Crippen LogP contribution in [0.2, 0.25) is 0 Å². The van der Waals surface area contributed by atoms with Gasteiger partial charge in [-0.25, -0.2) is 0 Å². The Morgan fingerprint density at radius 3 is 1.58 bits per heavy atom. The fourth-order valence-electron chi connectivity index (χ4n) is 3.36. The molecular weight excluding hydrogens is 354 g/mol. The molecule has 0 N–H and O–H groups in total. The van der Waals surface area contributed by atoms with Crippen molar-refractivity contribution in [2.24, 2.45) is 0 Å². The van der Waals surface area contributed by atoms with Crippen LogP contribution in [-0.2, 0) is 14.3 Å². The smallest absolute Gasteiger partial charge is 0.264 e. The first-order chi connectivity index (χ1) is 12.3. The van der Waals surface area contributed by atoms with E-state index < -0.39 is 10.1 Å². The molecule has 0 aromatic rings. The Morgan fingerprint density at radius 2 is 1.19 bits per heavy atom. The second-order valence-corrected chi connectivity index (χ2v) is 9.30. The predicted octanol–water partition coefficient (Wildman–Crippen LogP) is -1.24. The largest absolute Gasteiger partial charge is 0.304 e. The first-order valence-electron chi connectivity index (χ1n) is 9.70. The third-order valence-electron chi connectivity index (χ3n) is 5.36. The van der Waals surface area contributed by atoms with Crippen molar-refractivity contribution in [3.63, 3.8) is 0 Å². The molecule has 0 radical (unpaired) electrons. The monoisotopic (exact) mass is 391 g/mol. The summed E-state index contributed by atoms with van der Waals surface area (Å²) in [4.78, 5) is 12.1. The van der Waals surface area contributed by atoms with E-state index in [1.165, 1.54) is 0 Å². The third-order valence-corrected chi connectivity index (χ3v) is 5.96. The maximum atomic E-state index is 11.2. The normalized spacial score (nSPS) is 22.3. The summed E-state index contributed by atoms with van der Waals surface area (Å²) in [5, 5.41) is 0. The zero-order chi connectivity index (χ0) is 19.0. The zero-order valence-electron chi connectivity index (χ0n) is 16.8. The molecule has 0 saturated carbocycles. The molecule has 8 nitrogen and oxygen atoms in total. The van der Waals surface area contributed by atoms with E-state index in [-0.39, 0.29) is 6.61 Å². The zero-order valence-corrected chi connectivity index (χ0v) is 17.6. The van der Waals surface area contributed by atoms with Crippen LogP contribution >= 0.6 is 0 Å². The second kappa shape index (κ2) is 10.9. The molecule has 154 valence electrons. The van der Waals surface area contributed by atoms with Crippen LogP contribution in [0, 0.1) is 0 Å². The molecule has 0 unspecified atom stereocenters. The average Bonchev–Trinajstić information content (AvgIpc) is 2.58. The van der Waals surface area contributed by atoms with Crippen molar-refractivity contribution in [3.05, 3.63) is 0 Å². The van der Waals surface area contributed by atoms with E-state index in [1.54, 1.807) is 0 Å². The van der Waals surface area contributed by atoms with Gasteiger partial charge in [-0.2, -0.15) is 8.42 Å². The highest BCUT2D eigenvalue weighted by atomic mass is 32.2. The summed E-state index contributed by atoms with van der Waals surface area (Å²) in [5.41, 5.74) is 0. The van der Waals surface area contributed by atoms with Crippen molar-refractivity contribution in [1.29, 1.82) is 0 Å². The maximum Gasteiger partial charge on any atom is 0.264 e. The Morgan fingerprint density at radius 1 is 0.769 bits per heavy atom. The molecule has 2 rings (SSSR count). The Hall–Kier alpha value is -0.290. The lowest BCUT2D eigenvalue weighted by Gasteiger charge is -2.35. The molecule has 0 aliphatic carbocycles. The molecule has 0 aromatic heterocycles. The van der Waals surface area contributed by atoms with Gasteiger partial charge in [0.25, 0.3) is 10.1 Å². The minimum Gasteiger partial charge on any atom is -0.304 e. The van der Waals surface area contributed by atoms with Crippen LogP contribution in [0.15, 0.2) is 0 Å². The number of rotatable bonds is 10. The fraction of sp³-hybridized carbons (Fsp3) is 1.00. The van der Waals surface area contributed by atoms with Gasteiger partial charge in [-0.3, -0.25) is 18.9 Å². The average molecular weight is 392 g/mol. The van der Waals surface area contributed by atoms with Gasteiger partial charge in [-0.05, 0) is 14.1 Å². The standard InChI is InChI=1S/C17H37N5O3S/c1-18-4-8-20(9-5-18)12-14-22(16-17-25-26(3,23)24)15-13-21-10-6-19(2)7-11-21/h4-17H2,1-3H3. The van der Waals surface area contributed by atoms with E-state index in [1.807, 2.05) is 0 Å². The van der Waals surface area contributed by atoms with Crippen molar-refractivity contribution >= 4 is 10.1 Å². The van der Waals surface area contributed by atoms with Crippen molar-refractivity contribution in [2.45, 2.75) is 0 Å². The highest BCUT2D eigenvalue weighted by molar-refractivity contribution is 7.85. The summed E-state index contributed by atoms with van der Waals surface area (Å²) in [5.74, 6) is 0. The minimum atomic E-state index is -3.36. The van der Waals surface area contributed by atoms with Crippen LogP contribution in [-0.4, -0.2) is 145 Å². The van der Waals surface area contributed by atoms with Crippen molar-refractivity contribution < 1.29 is 12.6 Å². The minimum absolute atomic E-state index is 0.240. The predicted molar refractivity (Wildman–Crippen MR) is 105 cm³/mol. The maximum absolute atomic E-state index is 11.2. The third kappa shape index (κ3) is 9.07. The van der Waals surface area contributed by atoms with Gasteiger partial charge in [-0.15, -0.1) is 0 Å². The Labute approximate surface area is 159 Å². The fourth-order valence-corrected chi connectivity index (χ4v) is 3.74. The lowest BCUT2D eigenvalue weighted by molar-refractivity contribution is 0.110. The van der Waals surface area contributed by atoms with Gasteiger partial charge >= 0.3 is 0 Å². The van der Waals surface area contributed by atoms with Crippen LogP contribution in [0.3, 0.4) is 0 Å². The van der Waals surface area contributed by atoms with Crippen LogP contribution in [0.25, 0.3) is 0 Å². The Bertz CT molecular complexity index is 463. The van der Waals surface area contributed by atoms with Crippen LogP contribution in [0.1, 0.15) is 0 Å². The first-order valence-corrected chi connectivity index (χ1v) is 11.5. The molecular formula is C17H37N5O3S. The van der Waals surface area contributed by atoms with E-state index in [2.05, 4.69) is 38.6 Å². The number of piperazine rings is 2. The van der Waals surface area contributed by atoms with Gasteiger partial charge in [0.1, 0.15) is 0 Å². The molecule has 0 aromatic carbocycles. The van der Waals surface area contributed by atoms with Gasteiger partial charge in [0, 0.05) is 85.1 Å². The van der Waals surface area contributed by atoms with Gasteiger partial charge in [0.15, 0.2) is 0 Å². The summed E-state index contributed by atoms with van der Waals surface area (Å²) in [6.45, 7) is 13.9. The molecule has 2 saturated heterocycles. The molecule has 2 heterocycles. The number of hydrogen-bond donors (Lipinski definition) is 0. The lowest BCUT2D eigenvalue weighted by atomic mass is 10.3. The van der Waals surface area contributed by atoms with Gasteiger partial charge in [-0.1, -0.05) is 0 Å². The van der Waals surface area contributed by atoms with E-state index >= 15 is 0 Å². The van der Waals surface area contributed by atoms with Crippen LogP contribution in [0.4, 0.5) is 0 Å². The van der Waals surface area contributed by atoms with Crippen LogP contribution in [0.5, 0.6) is 0 Å². The molecule has 0 spiro atoms. The second-order valence-electron chi connectivity index (χ2n) is 7.66. The number of nitrogens with zero attached hydrogens (tertiary/aromatic N) is 5. The molecule has 2 aliphatic rings. The van der Waals surface area contributed by atoms with E-state index in [9.17, 15) is 8.42 Å². The first kappa shape index (κ1) is 22.0.